The zero-order valence-corrected chi connectivity index (χ0v) is 10.8. The zero-order valence-electron chi connectivity index (χ0n) is 21.0. The average Bonchev–Trinajstić information content (AvgIpc) is 3.14. The Morgan fingerprint density at radius 3 is 2.55 bits per heavy atom. The summed E-state index contributed by atoms with van der Waals surface area (Å²) in [7, 11) is 5.78. The first-order chi connectivity index (χ1) is 14.4. The van der Waals surface area contributed by atoms with Gasteiger partial charge >= 0.3 is 0 Å². The van der Waals surface area contributed by atoms with E-state index < -0.39 is 48.3 Å². The minimum atomic E-state index is -0.623. The second kappa shape index (κ2) is 4.50. The number of fused-ring (bicyclic) bond motifs is 3. The van der Waals surface area contributed by atoms with Crippen LogP contribution in [0, 0.1) is 0 Å². The molecular weight excluding hydrogens is 259 g/mol. The highest BCUT2D eigenvalue weighted by atomic mass is 32.1. The Bertz CT molecular complexity index is 1430. The minimum absolute atomic E-state index is 0.0352. The van der Waals surface area contributed by atoms with Gasteiger partial charge in [-0.05, 0) is 17.2 Å². The van der Waals surface area contributed by atoms with E-state index in [2.05, 4.69) is 0 Å². The summed E-state index contributed by atoms with van der Waals surface area (Å²) in [5.41, 5.74) is -0.753. The van der Waals surface area contributed by atoms with Gasteiger partial charge in [0.1, 0.15) is 7.85 Å². The van der Waals surface area contributed by atoms with E-state index in [0.717, 1.165) is 11.3 Å². The van der Waals surface area contributed by atoms with E-state index in [4.69, 9.17) is 22.9 Å². The Labute approximate surface area is 138 Å². The third-order valence-corrected chi connectivity index (χ3v) is 3.86. The number of thiophene rings is 1. The lowest BCUT2D eigenvalue weighted by atomic mass is 9.94. The molecule has 0 aliphatic rings. The summed E-state index contributed by atoms with van der Waals surface area (Å²) in [6.07, 6.45) is 0. The summed E-state index contributed by atoms with van der Waals surface area (Å²) in [6, 6.07) is -5.45. The molecule has 0 spiro atoms. The molecule has 0 fully saturated rings. The third-order valence-electron chi connectivity index (χ3n) is 2.84. The highest BCUT2D eigenvalue weighted by Crippen LogP contribution is 2.39. The standard InChI is InChI=1S/C18H11BS/c19-13-9-10-15-17(11-13)20-16-8-4-7-14(18(15)16)12-5-2-1-3-6-12/h1-11H/i1D,2D,3D,4D,5D,6D,7D,8D,9D,10D,11D. The molecule has 0 atom stereocenters. The fourth-order valence-electron chi connectivity index (χ4n) is 2.02. The van der Waals surface area contributed by atoms with E-state index in [-0.39, 0.29) is 54.9 Å². The van der Waals surface area contributed by atoms with Crippen LogP contribution < -0.4 is 5.46 Å². The van der Waals surface area contributed by atoms with Crippen LogP contribution in [0.4, 0.5) is 0 Å². The van der Waals surface area contributed by atoms with Crippen LogP contribution >= 0.6 is 11.3 Å². The number of hydrogen-bond donors (Lipinski definition) is 0. The highest BCUT2D eigenvalue weighted by molar-refractivity contribution is 7.26. The third kappa shape index (κ3) is 1.76. The first kappa shape index (κ1) is 5.05. The van der Waals surface area contributed by atoms with Crippen molar-refractivity contribution in [3.8, 4) is 11.1 Å². The molecule has 4 rings (SSSR count). The maximum atomic E-state index is 8.46. The SMILES string of the molecule is [2H]c1c([2H])c([2H])c(-c2c([2H])c([2H])c([2H])c3sc4c([2H])c([B])c([2H])c([2H])c4c23)c([2H])c1[2H]. The molecule has 0 saturated heterocycles. The molecule has 4 aromatic rings. The van der Waals surface area contributed by atoms with E-state index >= 15 is 0 Å². The second-order valence-corrected chi connectivity index (χ2v) is 5.07. The molecule has 3 aromatic carbocycles. The number of hydrogen-bond acceptors (Lipinski definition) is 1. The molecule has 0 aliphatic heterocycles. The fraction of sp³-hybridized carbons (Fsp3) is 0. The van der Waals surface area contributed by atoms with Gasteiger partial charge in [0.2, 0.25) is 0 Å². The Morgan fingerprint density at radius 2 is 1.70 bits per heavy atom. The van der Waals surface area contributed by atoms with Gasteiger partial charge in [-0.2, -0.15) is 0 Å². The Kier molecular flexibility index (Phi) is 1.14. The molecule has 0 aliphatic carbocycles. The normalized spacial score (nSPS) is 18.9. The number of benzene rings is 3. The van der Waals surface area contributed by atoms with Crippen molar-refractivity contribution in [3.05, 3.63) is 66.5 Å². The van der Waals surface area contributed by atoms with Crippen LogP contribution in [0.2, 0.25) is 0 Å². The van der Waals surface area contributed by atoms with Gasteiger partial charge in [-0.25, -0.2) is 0 Å². The Morgan fingerprint density at radius 1 is 0.850 bits per heavy atom. The summed E-state index contributed by atoms with van der Waals surface area (Å²) in [6.45, 7) is 0. The van der Waals surface area contributed by atoms with Gasteiger partial charge in [-0.15, -0.1) is 11.3 Å². The van der Waals surface area contributed by atoms with Crippen molar-refractivity contribution in [2.24, 2.45) is 0 Å². The van der Waals surface area contributed by atoms with E-state index in [9.17, 15) is 0 Å². The lowest BCUT2D eigenvalue weighted by molar-refractivity contribution is 1.67. The van der Waals surface area contributed by atoms with Crippen molar-refractivity contribution in [3.63, 3.8) is 0 Å². The summed E-state index contributed by atoms with van der Waals surface area (Å²) in [4.78, 5) is 0. The number of rotatable bonds is 1. The van der Waals surface area contributed by atoms with E-state index in [1.807, 2.05) is 0 Å². The largest absolute Gasteiger partial charge is 0.135 e. The average molecular weight is 281 g/mol. The van der Waals surface area contributed by atoms with Gasteiger partial charge in [0.15, 0.2) is 0 Å². The predicted octanol–water partition coefficient (Wildman–Crippen LogP) is 4.52. The molecule has 0 amide bonds. The molecule has 0 unspecified atom stereocenters. The van der Waals surface area contributed by atoms with Gasteiger partial charge in [-0.1, -0.05) is 65.9 Å². The van der Waals surface area contributed by atoms with Crippen LogP contribution in [0.25, 0.3) is 31.3 Å². The predicted molar refractivity (Wildman–Crippen MR) is 90.2 cm³/mol. The molecular formula is C18H11BS. The Balaban J connectivity index is 2.40. The van der Waals surface area contributed by atoms with Crippen LogP contribution in [0.1, 0.15) is 15.1 Å². The smallest absolute Gasteiger partial charge is 0.113 e. The van der Waals surface area contributed by atoms with Crippen molar-refractivity contribution in [2.45, 2.75) is 0 Å². The Hall–Kier alpha value is -2.06. The molecule has 1 heterocycles. The van der Waals surface area contributed by atoms with E-state index in [1.54, 1.807) is 0 Å². The summed E-state index contributed by atoms with van der Waals surface area (Å²) in [5.74, 6) is 0. The molecule has 0 bridgehead atoms. The minimum Gasteiger partial charge on any atom is -0.135 e. The van der Waals surface area contributed by atoms with Crippen LogP contribution in [0.5, 0.6) is 0 Å². The van der Waals surface area contributed by atoms with Gasteiger partial charge in [0.05, 0.1) is 15.1 Å². The van der Waals surface area contributed by atoms with Crippen molar-refractivity contribution < 1.29 is 15.1 Å². The van der Waals surface area contributed by atoms with Crippen LogP contribution in [-0.2, 0) is 0 Å². The lowest BCUT2D eigenvalue weighted by Crippen LogP contribution is -1.98. The summed E-state index contributed by atoms with van der Waals surface area (Å²) >= 11 is 0.892. The van der Waals surface area contributed by atoms with Crippen molar-refractivity contribution in [1.29, 1.82) is 0 Å². The fourth-order valence-corrected chi connectivity index (χ4v) is 3.05. The first-order valence-corrected chi connectivity index (χ1v) is 6.51. The lowest BCUT2D eigenvalue weighted by Gasteiger charge is -2.04. The van der Waals surface area contributed by atoms with Gasteiger partial charge in [-0.3, -0.25) is 0 Å². The van der Waals surface area contributed by atoms with Gasteiger partial charge < -0.3 is 0 Å². The van der Waals surface area contributed by atoms with Gasteiger partial charge in [0.25, 0.3) is 0 Å². The molecule has 1 aromatic heterocycles. The maximum Gasteiger partial charge on any atom is 0.113 e. The second-order valence-electron chi connectivity index (χ2n) is 4.05. The molecule has 0 N–H and O–H groups in total. The molecule has 20 heavy (non-hydrogen) atoms. The first-order valence-electron chi connectivity index (χ1n) is 11.2. The maximum absolute atomic E-state index is 8.46. The van der Waals surface area contributed by atoms with Gasteiger partial charge in [0, 0.05) is 20.2 Å². The van der Waals surface area contributed by atoms with Crippen LogP contribution in [0.3, 0.4) is 0 Å². The molecule has 0 nitrogen and oxygen atoms in total. The monoisotopic (exact) mass is 281 g/mol. The summed E-state index contributed by atoms with van der Waals surface area (Å²) < 4.78 is 90.3. The van der Waals surface area contributed by atoms with Crippen molar-refractivity contribution >= 4 is 44.8 Å². The topological polar surface area (TPSA) is 0 Å². The van der Waals surface area contributed by atoms with Crippen molar-refractivity contribution in [2.75, 3.05) is 0 Å². The molecule has 0 saturated carbocycles. The van der Waals surface area contributed by atoms with E-state index in [1.165, 1.54) is 0 Å². The zero-order chi connectivity index (χ0) is 23.1. The molecule has 2 heteroatoms. The van der Waals surface area contributed by atoms with Crippen molar-refractivity contribution in [1.82, 2.24) is 0 Å². The quantitative estimate of drug-likeness (QED) is 0.450. The van der Waals surface area contributed by atoms with Crippen LogP contribution in [0.15, 0.2) is 66.5 Å². The molecule has 92 valence electrons. The molecule has 2 radical (unpaired) electrons. The van der Waals surface area contributed by atoms with Crippen LogP contribution in [-0.4, -0.2) is 7.85 Å². The van der Waals surface area contributed by atoms with E-state index in [0.29, 0.717) is 0 Å². The highest BCUT2D eigenvalue weighted by Gasteiger charge is 2.10. The summed E-state index contributed by atoms with van der Waals surface area (Å²) in [5, 5.41) is 0.0736.